The molecule has 0 amide bonds. The first-order valence-corrected chi connectivity index (χ1v) is 7.62. The van der Waals surface area contributed by atoms with Crippen molar-refractivity contribution in [2.45, 2.75) is 12.5 Å². The van der Waals surface area contributed by atoms with E-state index in [4.69, 9.17) is 10.9 Å². The zero-order valence-electron chi connectivity index (χ0n) is 10.5. The van der Waals surface area contributed by atoms with E-state index in [1.54, 1.807) is 18.3 Å². The molecular formula is C11H16N4O3S. The molecule has 1 aliphatic heterocycles. The molecule has 104 valence electrons. The van der Waals surface area contributed by atoms with Gasteiger partial charge in [0.2, 0.25) is 0 Å². The van der Waals surface area contributed by atoms with Gasteiger partial charge in [0.05, 0.1) is 23.4 Å². The Morgan fingerprint density at radius 3 is 2.79 bits per heavy atom. The molecule has 19 heavy (non-hydrogen) atoms. The number of rotatable bonds is 3. The van der Waals surface area contributed by atoms with Crippen molar-refractivity contribution in [3.05, 3.63) is 24.0 Å². The van der Waals surface area contributed by atoms with Crippen LogP contribution >= 0.6 is 0 Å². The first-order chi connectivity index (χ1) is 8.93. The minimum Gasteiger partial charge on any atom is -0.409 e. The number of nitrogens with two attached hydrogens (primary N) is 1. The van der Waals surface area contributed by atoms with Gasteiger partial charge in [-0.2, -0.15) is 0 Å². The number of oxime groups is 1. The number of aromatic nitrogens is 1. The zero-order chi connectivity index (χ0) is 14.0. The van der Waals surface area contributed by atoms with Gasteiger partial charge in [0.1, 0.15) is 5.69 Å². The summed E-state index contributed by atoms with van der Waals surface area (Å²) in [5, 5.41) is 11.4. The maximum absolute atomic E-state index is 11.5. The standard InChI is InChI=1S/C11H16N4O3S/c1-15(9-4-5-19(17,18)7-9)8-2-3-10(13-6-8)11(12)14-16/h2-3,6,9,16H,4-5,7H2,1H3,(H2,12,14). The van der Waals surface area contributed by atoms with Crippen molar-refractivity contribution in [2.75, 3.05) is 23.5 Å². The number of anilines is 1. The van der Waals surface area contributed by atoms with Gasteiger partial charge in [-0.25, -0.2) is 8.42 Å². The molecule has 1 fully saturated rings. The number of amidine groups is 1. The molecule has 7 nitrogen and oxygen atoms in total. The number of sulfone groups is 1. The highest BCUT2D eigenvalue weighted by atomic mass is 32.2. The van der Waals surface area contributed by atoms with Crippen LogP contribution in [0.5, 0.6) is 0 Å². The third-order valence-electron chi connectivity index (χ3n) is 3.28. The van der Waals surface area contributed by atoms with Gasteiger partial charge in [-0.3, -0.25) is 4.98 Å². The fourth-order valence-electron chi connectivity index (χ4n) is 2.09. The van der Waals surface area contributed by atoms with E-state index in [1.807, 2.05) is 11.9 Å². The first-order valence-electron chi connectivity index (χ1n) is 5.80. The molecule has 0 aromatic carbocycles. The van der Waals surface area contributed by atoms with Crippen molar-refractivity contribution >= 4 is 21.4 Å². The molecular weight excluding hydrogens is 268 g/mol. The van der Waals surface area contributed by atoms with E-state index in [0.29, 0.717) is 12.1 Å². The van der Waals surface area contributed by atoms with E-state index in [0.717, 1.165) is 5.69 Å². The van der Waals surface area contributed by atoms with Crippen LogP contribution in [0.25, 0.3) is 0 Å². The van der Waals surface area contributed by atoms with Gasteiger partial charge < -0.3 is 15.8 Å². The molecule has 1 saturated heterocycles. The molecule has 0 radical (unpaired) electrons. The number of hydrogen-bond donors (Lipinski definition) is 2. The first kappa shape index (κ1) is 13.6. The molecule has 2 heterocycles. The highest BCUT2D eigenvalue weighted by molar-refractivity contribution is 7.91. The summed E-state index contributed by atoms with van der Waals surface area (Å²) in [6.45, 7) is 0. The predicted molar refractivity (Wildman–Crippen MR) is 72.2 cm³/mol. The average Bonchev–Trinajstić information content (AvgIpc) is 2.77. The van der Waals surface area contributed by atoms with Crippen LogP contribution < -0.4 is 10.6 Å². The van der Waals surface area contributed by atoms with E-state index >= 15 is 0 Å². The normalized spacial score (nSPS) is 22.4. The summed E-state index contributed by atoms with van der Waals surface area (Å²) in [6, 6.07) is 3.37. The molecule has 8 heteroatoms. The molecule has 1 aromatic rings. The molecule has 0 spiro atoms. The van der Waals surface area contributed by atoms with Crippen LogP contribution in [0, 0.1) is 0 Å². The van der Waals surface area contributed by atoms with Crippen LogP contribution in [0.3, 0.4) is 0 Å². The highest BCUT2D eigenvalue weighted by Gasteiger charge is 2.30. The third-order valence-corrected chi connectivity index (χ3v) is 5.03. The topological polar surface area (TPSA) is 109 Å². The Hall–Kier alpha value is -1.83. The van der Waals surface area contributed by atoms with Crippen molar-refractivity contribution in [1.82, 2.24) is 4.98 Å². The molecule has 0 saturated carbocycles. The van der Waals surface area contributed by atoms with E-state index in [1.165, 1.54) is 0 Å². The molecule has 1 aromatic heterocycles. The predicted octanol–water partition coefficient (Wildman–Crippen LogP) is -0.201. The Morgan fingerprint density at radius 2 is 2.32 bits per heavy atom. The van der Waals surface area contributed by atoms with Gasteiger partial charge >= 0.3 is 0 Å². The Labute approximate surface area is 111 Å². The maximum Gasteiger partial charge on any atom is 0.188 e. The summed E-state index contributed by atoms with van der Waals surface area (Å²) < 4.78 is 22.9. The molecule has 0 aliphatic carbocycles. The van der Waals surface area contributed by atoms with Crippen molar-refractivity contribution in [3.8, 4) is 0 Å². The fraction of sp³-hybridized carbons (Fsp3) is 0.455. The van der Waals surface area contributed by atoms with E-state index in [9.17, 15) is 8.42 Å². The summed E-state index contributed by atoms with van der Waals surface area (Å²) in [6.07, 6.45) is 2.21. The second kappa shape index (κ2) is 5.04. The third kappa shape index (κ3) is 2.95. The number of hydrogen-bond acceptors (Lipinski definition) is 6. The van der Waals surface area contributed by atoms with Gasteiger partial charge in [-0.15, -0.1) is 0 Å². The Balaban J connectivity index is 2.14. The lowest BCUT2D eigenvalue weighted by Crippen LogP contribution is -2.32. The lowest BCUT2D eigenvalue weighted by Gasteiger charge is -2.25. The quantitative estimate of drug-likeness (QED) is 0.344. The molecule has 1 atom stereocenters. The lowest BCUT2D eigenvalue weighted by molar-refractivity contribution is 0.318. The highest BCUT2D eigenvalue weighted by Crippen LogP contribution is 2.22. The summed E-state index contributed by atoms with van der Waals surface area (Å²) in [5.41, 5.74) is 6.60. The molecule has 2 rings (SSSR count). The van der Waals surface area contributed by atoms with Crippen LogP contribution in [0.4, 0.5) is 5.69 Å². The van der Waals surface area contributed by atoms with Gasteiger partial charge in [0.15, 0.2) is 15.7 Å². The van der Waals surface area contributed by atoms with Crippen LogP contribution in [-0.2, 0) is 9.84 Å². The van der Waals surface area contributed by atoms with Crippen LogP contribution in [0.1, 0.15) is 12.1 Å². The number of pyridine rings is 1. The van der Waals surface area contributed by atoms with E-state index < -0.39 is 9.84 Å². The number of nitrogens with zero attached hydrogens (tertiary/aromatic N) is 3. The summed E-state index contributed by atoms with van der Waals surface area (Å²) in [5.74, 6) is 0.348. The second-order valence-corrected chi connectivity index (χ2v) is 6.78. The van der Waals surface area contributed by atoms with Crippen molar-refractivity contribution < 1.29 is 13.6 Å². The maximum atomic E-state index is 11.5. The fourth-order valence-corrected chi connectivity index (χ4v) is 3.86. The SMILES string of the molecule is CN(c1ccc(/C(N)=N/O)nc1)C1CCS(=O)(=O)C1. The van der Waals surface area contributed by atoms with E-state index in [2.05, 4.69) is 10.1 Å². The smallest absolute Gasteiger partial charge is 0.188 e. The monoisotopic (exact) mass is 284 g/mol. The molecule has 1 unspecified atom stereocenters. The average molecular weight is 284 g/mol. The Bertz CT molecular complexity index is 582. The largest absolute Gasteiger partial charge is 0.409 e. The van der Waals surface area contributed by atoms with Crippen LogP contribution in [0.15, 0.2) is 23.5 Å². The van der Waals surface area contributed by atoms with Gasteiger partial charge in [0.25, 0.3) is 0 Å². The molecule has 1 aliphatic rings. The lowest BCUT2D eigenvalue weighted by atomic mass is 10.2. The van der Waals surface area contributed by atoms with Crippen LogP contribution in [0.2, 0.25) is 0 Å². The Morgan fingerprint density at radius 1 is 1.58 bits per heavy atom. The van der Waals surface area contributed by atoms with E-state index in [-0.39, 0.29) is 23.4 Å². The van der Waals surface area contributed by atoms with Gasteiger partial charge in [0, 0.05) is 13.1 Å². The second-order valence-electron chi connectivity index (χ2n) is 4.55. The van der Waals surface area contributed by atoms with Crippen molar-refractivity contribution in [2.24, 2.45) is 10.9 Å². The minimum absolute atomic E-state index is 0.0264. The van der Waals surface area contributed by atoms with Crippen molar-refractivity contribution in [1.29, 1.82) is 0 Å². The minimum atomic E-state index is -2.91. The Kier molecular flexibility index (Phi) is 3.61. The van der Waals surface area contributed by atoms with Crippen LogP contribution in [-0.4, -0.2) is 49.0 Å². The summed E-state index contributed by atoms with van der Waals surface area (Å²) in [4.78, 5) is 5.97. The molecule has 0 bridgehead atoms. The molecule has 3 N–H and O–H groups in total. The van der Waals surface area contributed by atoms with Gasteiger partial charge in [-0.1, -0.05) is 5.16 Å². The summed E-state index contributed by atoms with van der Waals surface area (Å²) >= 11 is 0. The van der Waals surface area contributed by atoms with Gasteiger partial charge in [-0.05, 0) is 18.6 Å². The summed E-state index contributed by atoms with van der Waals surface area (Å²) in [7, 11) is -1.07. The van der Waals surface area contributed by atoms with Crippen molar-refractivity contribution in [3.63, 3.8) is 0 Å². The zero-order valence-corrected chi connectivity index (χ0v) is 11.3.